The maximum Gasteiger partial charge on any atom is 0.238 e. The molecule has 1 aromatic carbocycles. The number of rotatable bonds is 8. The van der Waals surface area contributed by atoms with E-state index in [9.17, 15) is 4.79 Å². The fraction of sp³-hybridized carbons (Fsp3) is 0.286. The predicted octanol–water partition coefficient (Wildman–Crippen LogP) is 5.11. The smallest absolute Gasteiger partial charge is 0.238 e. The fourth-order valence-electron chi connectivity index (χ4n) is 2.92. The first-order chi connectivity index (χ1) is 12.6. The van der Waals surface area contributed by atoms with Gasteiger partial charge in [-0.1, -0.05) is 38.1 Å². The summed E-state index contributed by atoms with van der Waals surface area (Å²) in [6, 6.07) is 15.9. The number of thiophene rings is 1. The van der Waals surface area contributed by atoms with Crippen LogP contribution in [0.3, 0.4) is 0 Å². The van der Waals surface area contributed by atoms with Crippen molar-refractivity contribution in [3.8, 4) is 0 Å². The highest BCUT2D eigenvalue weighted by molar-refractivity contribution is 7.09. The number of furan rings is 1. The first-order valence-corrected chi connectivity index (χ1v) is 9.65. The fourth-order valence-corrected chi connectivity index (χ4v) is 3.67. The Morgan fingerprint density at radius 3 is 2.65 bits per heavy atom. The molecule has 0 aliphatic heterocycles. The minimum Gasteiger partial charge on any atom is -0.468 e. The molecule has 2 heterocycles. The van der Waals surface area contributed by atoms with Crippen LogP contribution in [0.1, 0.15) is 36.0 Å². The molecule has 0 saturated carbocycles. The van der Waals surface area contributed by atoms with Crippen molar-refractivity contribution in [2.75, 3.05) is 11.9 Å². The third-order valence-corrected chi connectivity index (χ3v) is 5.00. The van der Waals surface area contributed by atoms with E-state index in [0.717, 1.165) is 23.6 Å². The van der Waals surface area contributed by atoms with E-state index in [1.165, 1.54) is 4.88 Å². The normalized spacial score (nSPS) is 11.2. The van der Waals surface area contributed by atoms with Crippen LogP contribution in [0.15, 0.2) is 64.6 Å². The first-order valence-electron chi connectivity index (χ1n) is 8.77. The standard InChI is InChI=1S/C21H24N2O2S/c1-16(2)19-9-3-4-10-20(19)22-21(24)15-23(13-17-7-5-11-25-17)14-18-8-6-12-26-18/h3-12,16H,13-15H2,1-2H3,(H,22,24). The van der Waals surface area contributed by atoms with Crippen molar-refractivity contribution in [2.24, 2.45) is 0 Å². The number of amides is 1. The zero-order chi connectivity index (χ0) is 18.4. The van der Waals surface area contributed by atoms with Gasteiger partial charge in [0.05, 0.1) is 19.4 Å². The van der Waals surface area contributed by atoms with Crippen LogP contribution in [0.4, 0.5) is 5.69 Å². The highest BCUT2D eigenvalue weighted by Gasteiger charge is 2.15. The van der Waals surface area contributed by atoms with Gasteiger partial charge in [0, 0.05) is 17.1 Å². The number of anilines is 1. The quantitative estimate of drug-likeness (QED) is 0.601. The average Bonchev–Trinajstić information content (AvgIpc) is 3.29. The van der Waals surface area contributed by atoms with Gasteiger partial charge in [0.2, 0.25) is 5.91 Å². The molecule has 4 nitrogen and oxygen atoms in total. The molecule has 2 aromatic heterocycles. The highest BCUT2D eigenvalue weighted by atomic mass is 32.1. The summed E-state index contributed by atoms with van der Waals surface area (Å²) in [7, 11) is 0. The molecule has 136 valence electrons. The maximum absolute atomic E-state index is 12.7. The van der Waals surface area contributed by atoms with Crippen LogP contribution in [0.25, 0.3) is 0 Å². The SMILES string of the molecule is CC(C)c1ccccc1NC(=O)CN(Cc1ccco1)Cc1cccs1. The van der Waals surface area contributed by atoms with Crippen molar-refractivity contribution >= 4 is 22.9 Å². The summed E-state index contributed by atoms with van der Waals surface area (Å²) in [4.78, 5) is 16.0. The minimum atomic E-state index is -0.0128. The average molecular weight is 369 g/mol. The third-order valence-electron chi connectivity index (χ3n) is 4.14. The number of benzene rings is 1. The number of nitrogens with one attached hydrogen (secondary N) is 1. The van der Waals surface area contributed by atoms with E-state index in [0.29, 0.717) is 19.0 Å². The van der Waals surface area contributed by atoms with E-state index in [1.54, 1.807) is 17.6 Å². The van der Waals surface area contributed by atoms with E-state index < -0.39 is 0 Å². The molecule has 0 radical (unpaired) electrons. The molecule has 0 saturated heterocycles. The number of carbonyl (C=O) groups is 1. The Hall–Kier alpha value is -2.37. The molecule has 0 fully saturated rings. The Labute approximate surface area is 158 Å². The molecule has 3 aromatic rings. The van der Waals surface area contributed by atoms with Crippen molar-refractivity contribution in [1.29, 1.82) is 0 Å². The molecule has 0 aliphatic rings. The van der Waals surface area contributed by atoms with Gasteiger partial charge < -0.3 is 9.73 Å². The second-order valence-electron chi connectivity index (χ2n) is 6.59. The molecule has 0 bridgehead atoms. The zero-order valence-electron chi connectivity index (χ0n) is 15.1. The molecular weight excluding hydrogens is 344 g/mol. The van der Waals surface area contributed by atoms with Crippen molar-refractivity contribution in [3.05, 3.63) is 76.4 Å². The highest BCUT2D eigenvalue weighted by Crippen LogP contribution is 2.23. The van der Waals surface area contributed by atoms with Crippen LogP contribution < -0.4 is 5.32 Å². The molecule has 0 atom stereocenters. The predicted molar refractivity (Wildman–Crippen MR) is 106 cm³/mol. The van der Waals surface area contributed by atoms with Gasteiger partial charge in [-0.3, -0.25) is 9.69 Å². The largest absolute Gasteiger partial charge is 0.468 e. The molecule has 1 amide bonds. The van der Waals surface area contributed by atoms with Crippen molar-refractivity contribution < 1.29 is 9.21 Å². The molecule has 5 heteroatoms. The molecule has 1 N–H and O–H groups in total. The van der Waals surface area contributed by atoms with Gasteiger partial charge in [-0.05, 0) is 41.1 Å². The molecule has 0 aliphatic carbocycles. The van der Waals surface area contributed by atoms with Gasteiger partial charge in [-0.25, -0.2) is 0 Å². The molecule has 0 spiro atoms. The van der Waals surface area contributed by atoms with Crippen LogP contribution in [-0.2, 0) is 17.9 Å². The molecule has 0 unspecified atom stereocenters. The summed E-state index contributed by atoms with van der Waals surface area (Å²) in [5.74, 6) is 1.20. The van der Waals surface area contributed by atoms with Crippen LogP contribution in [0, 0.1) is 0 Å². The van der Waals surface area contributed by atoms with E-state index in [-0.39, 0.29) is 5.91 Å². The van der Waals surface area contributed by atoms with E-state index in [1.807, 2.05) is 36.4 Å². The van der Waals surface area contributed by atoms with Crippen LogP contribution >= 0.6 is 11.3 Å². The first kappa shape index (κ1) is 18.4. The molecule has 26 heavy (non-hydrogen) atoms. The minimum absolute atomic E-state index is 0.0128. The number of para-hydroxylation sites is 1. The van der Waals surface area contributed by atoms with Gasteiger partial charge in [-0.2, -0.15) is 0 Å². The summed E-state index contributed by atoms with van der Waals surface area (Å²) in [6.07, 6.45) is 1.66. The lowest BCUT2D eigenvalue weighted by Gasteiger charge is -2.21. The van der Waals surface area contributed by atoms with Gasteiger partial charge in [-0.15, -0.1) is 11.3 Å². The van der Waals surface area contributed by atoms with Gasteiger partial charge in [0.15, 0.2) is 0 Å². The summed E-state index contributed by atoms with van der Waals surface area (Å²) in [5, 5.41) is 5.13. The summed E-state index contributed by atoms with van der Waals surface area (Å²) >= 11 is 1.70. The lowest BCUT2D eigenvalue weighted by atomic mass is 10.0. The monoisotopic (exact) mass is 368 g/mol. The Bertz CT molecular complexity index is 774. The summed E-state index contributed by atoms with van der Waals surface area (Å²) in [6.45, 7) is 5.89. The maximum atomic E-state index is 12.7. The van der Waals surface area contributed by atoms with Crippen molar-refractivity contribution in [2.45, 2.75) is 32.9 Å². The topological polar surface area (TPSA) is 45.5 Å². The summed E-state index contributed by atoms with van der Waals surface area (Å²) < 4.78 is 5.46. The second kappa shape index (κ2) is 8.83. The Balaban J connectivity index is 1.68. The Kier molecular flexibility index (Phi) is 6.26. The lowest BCUT2D eigenvalue weighted by Crippen LogP contribution is -2.32. The lowest BCUT2D eigenvalue weighted by molar-refractivity contribution is -0.117. The van der Waals surface area contributed by atoms with Gasteiger partial charge >= 0.3 is 0 Å². The number of hydrogen-bond acceptors (Lipinski definition) is 4. The van der Waals surface area contributed by atoms with E-state index in [2.05, 4.69) is 41.6 Å². The van der Waals surface area contributed by atoms with Crippen LogP contribution in [0.2, 0.25) is 0 Å². The second-order valence-corrected chi connectivity index (χ2v) is 7.63. The third kappa shape index (κ3) is 5.07. The van der Waals surface area contributed by atoms with Crippen molar-refractivity contribution in [3.63, 3.8) is 0 Å². The Morgan fingerprint density at radius 1 is 1.12 bits per heavy atom. The number of nitrogens with zero attached hydrogens (tertiary/aromatic N) is 1. The molecule has 3 rings (SSSR count). The summed E-state index contributed by atoms with van der Waals surface area (Å²) in [5.41, 5.74) is 2.04. The van der Waals surface area contributed by atoms with E-state index in [4.69, 9.17) is 4.42 Å². The van der Waals surface area contributed by atoms with Gasteiger partial charge in [0.1, 0.15) is 5.76 Å². The number of hydrogen-bond donors (Lipinski definition) is 1. The van der Waals surface area contributed by atoms with Crippen molar-refractivity contribution in [1.82, 2.24) is 4.90 Å². The number of carbonyl (C=O) groups excluding carboxylic acids is 1. The Morgan fingerprint density at radius 2 is 1.96 bits per heavy atom. The van der Waals surface area contributed by atoms with Crippen LogP contribution in [-0.4, -0.2) is 17.4 Å². The molecular formula is C21H24N2O2S. The van der Waals surface area contributed by atoms with Gasteiger partial charge in [0.25, 0.3) is 0 Å². The van der Waals surface area contributed by atoms with Crippen LogP contribution in [0.5, 0.6) is 0 Å². The van der Waals surface area contributed by atoms with E-state index >= 15 is 0 Å². The zero-order valence-corrected chi connectivity index (χ0v) is 16.0.